The Kier molecular flexibility index (Phi) is 12.5. The highest BCUT2D eigenvalue weighted by molar-refractivity contribution is 7.59. The SMILES string of the molecule is COC[C@@H](CC[C@@H](O)c1ccc(-c2ccc(C(F)(F)F)cc2)nc1C(F)(F)F)Cc1ccccc1.S.S. The predicted molar refractivity (Wildman–Crippen MR) is 140 cm³/mol. The number of hydrogen-bond acceptors (Lipinski definition) is 3. The van der Waals surface area contributed by atoms with Gasteiger partial charge in [-0.15, -0.1) is 0 Å². The molecule has 37 heavy (non-hydrogen) atoms. The van der Waals surface area contributed by atoms with Gasteiger partial charge >= 0.3 is 12.4 Å². The van der Waals surface area contributed by atoms with E-state index >= 15 is 0 Å². The van der Waals surface area contributed by atoms with E-state index < -0.39 is 29.7 Å². The van der Waals surface area contributed by atoms with Crippen molar-refractivity contribution in [1.82, 2.24) is 4.98 Å². The fourth-order valence-electron chi connectivity index (χ4n) is 3.93. The maximum Gasteiger partial charge on any atom is 0.433 e. The maximum absolute atomic E-state index is 13.8. The zero-order chi connectivity index (χ0) is 25.6. The number of pyridine rings is 1. The fraction of sp³-hybridized carbons (Fsp3) is 0.346. The van der Waals surface area contributed by atoms with Gasteiger partial charge in [-0.2, -0.15) is 53.3 Å². The fourth-order valence-corrected chi connectivity index (χ4v) is 3.93. The van der Waals surface area contributed by atoms with Crippen LogP contribution in [-0.2, 0) is 23.5 Å². The Bertz CT molecular complexity index is 1090. The summed E-state index contributed by atoms with van der Waals surface area (Å²) in [5, 5.41) is 10.6. The molecule has 3 aromatic rings. The summed E-state index contributed by atoms with van der Waals surface area (Å²) in [6.07, 6.45) is -9.70. The van der Waals surface area contributed by atoms with Crippen molar-refractivity contribution in [3.63, 3.8) is 0 Å². The Morgan fingerprint density at radius 2 is 1.43 bits per heavy atom. The molecule has 0 amide bonds. The minimum absolute atomic E-state index is 0. The smallest absolute Gasteiger partial charge is 0.388 e. The first-order chi connectivity index (χ1) is 16.5. The van der Waals surface area contributed by atoms with Gasteiger partial charge in [-0.3, -0.25) is 0 Å². The van der Waals surface area contributed by atoms with Crippen molar-refractivity contribution in [2.45, 2.75) is 37.7 Å². The van der Waals surface area contributed by atoms with Gasteiger partial charge in [0.1, 0.15) is 0 Å². The summed E-state index contributed by atoms with van der Waals surface area (Å²) >= 11 is 0. The normalized spacial score (nSPS) is 13.3. The first-order valence-electron chi connectivity index (χ1n) is 11.0. The lowest BCUT2D eigenvalue weighted by Crippen LogP contribution is -2.17. The molecule has 1 aromatic heterocycles. The number of rotatable bonds is 9. The molecule has 0 spiro atoms. The van der Waals surface area contributed by atoms with Crippen molar-refractivity contribution in [2.75, 3.05) is 13.7 Å². The standard InChI is InChI=1S/C26H25F6NO2.2H2S/c1-35-16-18(15-17-5-3-2-4-6-17)7-14-23(34)21-12-13-22(33-24(21)26(30,31)32)19-8-10-20(11-9-19)25(27,28)29;;/h2-6,8-13,18,23,34H,7,14-16H2,1H3;2*1H2/t18-,23+;;/m0../s1. The largest absolute Gasteiger partial charge is 0.433 e. The molecule has 3 nitrogen and oxygen atoms in total. The van der Waals surface area contributed by atoms with E-state index in [9.17, 15) is 31.4 Å². The lowest BCUT2D eigenvalue weighted by atomic mass is 9.92. The molecule has 204 valence electrons. The number of halogens is 6. The third-order valence-corrected chi connectivity index (χ3v) is 5.68. The molecule has 1 heterocycles. The van der Waals surface area contributed by atoms with Crippen molar-refractivity contribution >= 4 is 27.0 Å². The summed E-state index contributed by atoms with van der Waals surface area (Å²) in [5.74, 6) is -0.00855. The van der Waals surface area contributed by atoms with Gasteiger partial charge in [-0.1, -0.05) is 48.5 Å². The monoisotopic (exact) mass is 565 g/mol. The number of hydrogen-bond donors (Lipinski definition) is 1. The van der Waals surface area contributed by atoms with Crippen molar-refractivity contribution in [2.24, 2.45) is 5.92 Å². The maximum atomic E-state index is 13.8. The summed E-state index contributed by atoms with van der Waals surface area (Å²) in [4.78, 5) is 3.67. The minimum atomic E-state index is -4.85. The van der Waals surface area contributed by atoms with Crippen LogP contribution in [0, 0.1) is 5.92 Å². The lowest BCUT2D eigenvalue weighted by Gasteiger charge is -2.21. The van der Waals surface area contributed by atoms with Crippen LogP contribution in [0.5, 0.6) is 0 Å². The number of benzene rings is 2. The number of methoxy groups -OCH3 is 1. The van der Waals surface area contributed by atoms with Crippen LogP contribution in [0.2, 0.25) is 0 Å². The number of nitrogens with zero attached hydrogens (tertiary/aromatic N) is 1. The number of ether oxygens (including phenoxy) is 1. The summed E-state index contributed by atoms with van der Waals surface area (Å²) < 4.78 is 85.0. The van der Waals surface area contributed by atoms with Crippen LogP contribution in [-0.4, -0.2) is 23.8 Å². The van der Waals surface area contributed by atoms with Gasteiger partial charge in [0.05, 0.1) is 17.4 Å². The van der Waals surface area contributed by atoms with E-state index in [1.54, 1.807) is 7.11 Å². The molecular weight excluding hydrogens is 536 g/mol. The van der Waals surface area contributed by atoms with E-state index in [-0.39, 0.29) is 56.2 Å². The molecule has 0 bridgehead atoms. The number of aliphatic hydroxyl groups is 1. The van der Waals surface area contributed by atoms with Gasteiger partial charge in [-0.25, -0.2) is 4.98 Å². The molecule has 0 saturated heterocycles. The number of aliphatic hydroxyl groups excluding tert-OH is 1. The van der Waals surface area contributed by atoms with Gasteiger partial charge in [0.2, 0.25) is 0 Å². The zero-order valence-corrected chi connectivity index (χ0v) is 21.9. The third-order valence-electron chi connectivity index (χ3n) is 5.68. The lowest BCUT2D eigenvalue weighted by molar-refractivity contribution is -0.142. The first kappa shape index (κ1) is 32.8. The van der Waals surface area contributed by atoms with Crippen LogP contribution in [0.15, 0.2) is 66.7 Å². The van der Waals surface area contributed by atoms with Crippen molar-refractivity contribution in [3.05, 3.63) is 89.1 Å². The Labute approximate surface area is 225 Å². The number of aromatic nitrogens is 1. The molecule has 0 aliphatic carbocycles. The average Bonchev–Trinajstić information content (AvgIpc) is 2.82. The van der Waals surface area contributed by atoms with E-state index in [1.165, 1.54) is 6.07 Å². The molecule has 0 fully saturated rings. The highest BCUT2D eigenvalue weighted by atomic mass is 32.1. The van der Waals surface area contributed by atoms with E-state index in [2.05, 4.69) is 4.98 Å². The number of alkyl halides is 6. The van der Waals surface area contributed by atoms with Crippen LogP contribution in [0.25, 0.3) is 11.3 Å². The molecule has 0 aliphatic heterocycles. The molecule has 0 unspecified atom stereocenters. The summed E-state index contributed by atoms with van der Waals surface area (Å²) in [7, 11) is 1.54. The second-order valence-corrected chi connectivity index (χ2v) is 8.31. The van der Waals surface area contributed by atoms with Gasteiger partial charge in [0, 0.05) is 24.8 Å². The predicted octanol–water partition coefficient (Wildman–Crippen LogP) is 7.33. The van der Waals surface area contributed by atoms with E-state index in [4.69, 9.17) is 4.74 Å². The van der Waals surface area contributed by atoms with Crippen LogP contribution in [0.1, 0.15) is 41.3 Å². The van der Waals surface area contributed by atoms with Gasteiger partial charge in [0.25, 0.3) is 0 Å². The molecular formula is C26H29F6NO2S2. The second kappa shape index (κ2) is 14.1. The molecule has 1 N–H and O–H groups in total. The Morgan fingerprint density at radius 3 is 1.97 bits per heavy atom. The van der Waals surface area contributed by atoms with Crippen LogP contribution >= 0.6 is 27.0 Å². The van der Waals surface area contributed by atoms with Crippen molar-refractivity contribution in [3.8, 4) is 11.3 Å². The second-order valence-electron chi connectivity index (χ2n) is 8.31. The molecule has 0 radical (unpaired) electrons. The highest BCUT2D eigenvalue weighted by Crippen LogP contribution is 2.37. The quantitative estimate of drug-likeness (QED) is 0.276. The molecule has 2 atom stereocenters. The van der Waals surface area contributed by atoms with E-state index in [1.807, 2.05) is 30.3 Å². The Balaban J connectivity index is 0.00000342. The molecule has 11 heteroatoms. The topological polar surface area (TPSA) is 42.4 Å². The molecule has 0 saturated carbocycles. The summed E-state index contributed by atoms with van der Waals surface area (Å²) in [6.45, 7) is 0.388. The van der Waals surface area contributed by atoms with Crippen LogP contribution in [0.4, 0.5) is 26.3 Å². The van der Waals surface area contributed by atoms with Crippen LogP contribution < -0.4 is 0 Å². The van der Waals surface area contributed by atoms with Gasteiger partial charge < -0.3 is 9.84 Å². The molecule has 0 aliphatic rings. The van der Waals surface area contributed by atoms with Crippen molar-refractivity contribution < 1.29 is 36.2 Å². The highest BCUT2D eigenvalue weighted by Gasteiger charge is 2.37. The Morgan fingerprint density at radius 1 is 0.811 bits per heavy atom. The minimum Gasteiger partial charge on any atom is -0.388 e. The summed E-state index contributed by atoms with van der Waals surface area (Å²) in [5.41, 5.74) is -1.51. The van der Waals surface area contributed by atoms with Crippen LogP contribution in [0.3, 0.4) is 0 Å². The van der Waals surface area contributed by atoms with E-state index in [0.29, 0.717) is 19.4 Å². The van der Waals surface area contributed by atoms with Gasteiger partial charge in [-0.05, 0) is 48.9 Å². The van der Waals surface area contributed by atoms with Crippen molar-refractivity contribution in [1.29, 1.82) is 0 Å². The van der Waals surface area contributed by atoms with E-state index in [0.717, 1.165) is 35.9 Å². The zero-order valence-electron chi connectivity index (χ0n) is 19.9. The molecule has 3 rings (SSSR count). The van der Waals surface area contributed by atoms with Gasteiger partial charge in [0.15, 0.2) is 5.69 Å². The Hall–Kier alpha value is -2.21. The average molecular weight is 566 g/mol. The third kappa shape index (κ3) is 9.24. The summed E-state index contributed by atoms with van der Waals surface area (Å²) in [6, 6.07) is 15.7. The molecule has 2 aromatic carbocycles. The first-order valence-corrected chi connectivity index (χ1v) is 11.0.